The lowest BCUT2D eigenvalue weighted by Gasteiger charge is -1.96. The van der Waals surface area contributed by atoms with Crippen molar-refractivity contribution in [2.75, 3.05) is 12.3 Å². The Kier molecular flexibility index (Phi) is 3.56. The summed E-state index contributed by atoms with van der Waals surface area (Å²) in [5.74, 6) is 5.44. The monoisotopic (exact) mass is 196 g/mol. The predicted octanol–water partition coefficient (Wildman–Crippen LogP) is 1.05. The van der Waals surface area contributed by atoms with E-state index < -0.39 is 0 Å². The molecular formula is C9H9ClN2O. The molecule has 1 rings (SSSR count). The summed E-state index contributed by atoms with van der Waals surface area (Å²) in [7, 11) is 0. The lowest BCUT2D eigenvalue weighted by Crippen LogP contribution is -1.93. The molecule has 13 heavy (non-hydrogen) atoms. The van der Waals surface area contributed by atoms with E-state index in [2.05, 4.69) is 16.8 Å². The van der Waals surface area contributed by atoms with Crippen LogP contribution >= 0.6 is 11.6 Å². The van der Waals surface area contributed by atoms with Gasteiger partial charge in [-0.2, -0.15) is 0 Å². The minimum Gasteiger partial charge on any atom is -0.396 e. The van der Waals surface area contributed by atoms with Crippen LogP contribution in [0.4, 0.5) is 5.69 Å². The zero-order chi connectivity index (χ0) is 9.68. The van der Waals surface area contributed by atoms with Crippen molar-refractivity contribution in [2.45, 2.75) is 6.42 Å². The Balaban J connectivity index is 2.89. The number of aliphatic hydroxyl groups excluding tert-OH is 1. The molecule has 0 saturated heterocycles. The number of halogens is 1. The van der Waals surface area contributed by atoms with Gasteiger partial charge in [-0.15, -0.1) is 0 Å². The quantitative estimate of drug-likeness (QED) is 0.522. The number of rotatable bonds is 1. The van der Waals surface area contributed by atoms with Gasteiger partial charge in [-0.1, -0.05) is 17.5 Å². The Morgan fingerprint density at radius 2 is 2.31 bits per heavy atom. The lowest BCUT2D eigenvalue weighted by atomic mass is 10.3. The smallest absolute Gasteiger partial charge is 0.137 e. The molecular weight excluding hydrogens is 188 g/mol. The molecule has 0 spiro atoms. The van der Waals surface area contributed by atoms with Gasteiger partial charge in [0, 0.05) is 6.42 Å². The van der Waals surface area contributed by atoms with Crippen LogP contribution in [0.1, 0.15) is 12.1 Å². The Morgan fingerprint density at radius 3 is 3.00 bits per heavy atom. The molecule has 3 N–H and O–H groups in total. The average Bonchev–Trinajstić information content (AvgIpc) is 2.11. The van der Waals surface area contributed by atoms with E-state index in [1.54, 1.807) is 12.1 Å². The van der Waals surface area contributed by atoms with Gasteiger partial charge in [0.15, 0.2) is 0 Å². The third-order valence-corrected chi connectivity index (χ3v) is 1.55. The van der Waals surface area contributed by atoms with E-state index in [0.29, 0.717) is 23.0 Å². The second kappa shape index (κ2) is 4.70. The van der Waals surface area contributed by atoms with Crippen LogP contribution in [0, 0.1) is 11.8 Å². The highest BCUT2D eigenvalue weighted by atomic mass is 35.5. The summed E-state index contributed by atoms with van der Waals surface area (Å²) in [5.41, 5.74) is 6.54. The van der Waals surface area contributed by atoms with Gasteiger partial charge in [0.2, 0.25) is 0 Å². The van der Waals surface area contributed by atoms with Gasteiger partial charge in [-0.3, -0.25) is 0 Å². The predicted molar refractivity (Wildman–Crippen MR) is 52.2 cm³/mol. The summed E-state index contributed by atoms with van der Waals surface area (Å²) < 4.78 is 0. The van der Waals surface area contributed by atoms with E-state index in [0.717, 1.165) is 0 Å². The van der Waals surface area contributed by atoms with Crippen molar-refractivity contribution in [3.8, 4) is 11.8 Å². The third kappa shape index (κ3) is 2.94. The molecule has 0 aliphatic rings. The van der Waals surface area contributed by atoms with Crippen molar-refractivity contribution in [1.29, 1.82) is 0 Å². The second-order valence-corrected chi connectivity index (χ2v) is 2.73. The first-order chi connectivity index (χ1) is 6.24. The van der Waals surface area contributed by atoms with E-state index >= 15 is 0 Å². The number of nitrogens with zero attached hydrogens (tertiary/aromatic N) is 1. The molecule has 68 valence electrons. The van der Waals surface area contributed by atoms with Crippen molar-refractivity contribution < 1.29 is 5.11 Å². The fourth-order valence-corrected chi connectivity index (χ4v) is 0.896. The van der Waals surface area contributed by atoms with Crippen LogP contribution in [0.2, 0.25) is 5.15 Å². The van der Waals surface area contributed by atoms with E-state index in [9.17, 15) is 0 Å². The summed E-state index contributed by atoms with van der Waals surface area (Å²) in [6.45, 7) is 0.0352. The Bertz CT molecular complexity index is 354. The first-order valence-corrected chi connectivity index (χ1v) is 4.13. The number of pyridine rings is 1. The lowest BCUT2D eigenvalue weighted by molar-refractivity contribution is 0.305. The molecule has 0 aromatic carbocycles. The Morgan fingerprint density at radius 1 is 1.54 bits per heavy atom. The minimum absolute atomic E-state index is 0.0352. The van der Waals surface area contributed by atoms with Crippen molar-refractivity contribution in [1.82, 2.24) is 4.98 Å². The highest BCUT2D eigenvalue weighted by Gasteiger charge is 1.97. The molecule has 1 heterocycles. The van der Waals surface area contributed by atoms with Crippen LogP contribution in [-0.2, 0) is 0 Å². The second-order valence-electron chi connectivity index (χ2n) is 2.35. The van der Waals surface area contributed by atoms with Crippen LogP contribution in [-0.4, -0.2) is 16.7 Å². The molecule has 0 atom stereocenters. The van der Waals surface area contributed by atoms with Gasteiger partial charge in [-0.05, 0) is 18.1 Å². The summed E-state index contributed by atoms with van der Waals surface area (Å²) in [5, 5.41) is 8.85. The fraction of sp³-hybridized carbons (Fsp3) is 0.222. The first-order valence-electron chi connectivity index (χ1n) is 3.76. The zero-order valence-electron chi connectivity index (χ0n) is 6.92. The molecule has 0 aliphatic heterocycles. The number of nitrogen functional groups attached to an aromatic ring is 1. The Labute approximate surface area is 81.5 Å². The summed E-state index contributed by atoms with van der Waals surface area (Å²) in [6, 6.07) is 3.26. The number of hydrogen-bond donors (Lipinski definition) is 2. The summed E-state index contributed by atoms with van der Waals surface area (Å²) in [4.78, 5) is 3.93. The van der Waals surface area contributed by atoms with Gasteiger partial charge in [0.1, 0.15) is 10.8 Å². The van der Waals surface area contributed by atoms with Crippen molar-refractivity contribution in [2.24, 2.45) is 0 Å². The largest absolute Gasteiger partial charge is 0.396 e. The van der Waals surface area contributed by atoms with Crippen LogP contribution in [0.3, 0.4) is 0 Å². The average molecular weight is 197 g/mol. The molecule has 0 fully saturated rings. The standard InChI is InChI=1S/C9H9ClN2O/c10-9-5-4-7(11)8(12-9)3-1-2-6-13/h4-5,13H,2,6,11H2. The summed E-state index contributed by atoms with van der Waals surface area (Å²) >= 11 is 5.65. The van der Waals surface area contributed by atoms with E-state index in [-0.39, 0.29) is 6.61 Å². The third-order valence-electron chi connectivity index (χ3n) is 1.34. The molecule has 0 unspecified atom stereocenters. The number of aromatic nitrogens is 1. The molecule has 1 aromatic heterocycles. The zero-order valence-corrected chi connectivity index (χ0v) is 7.67. The highest BCUT2D eigenvalue weighted by Crippen LogP contribution is 2.11. The molecule has 0 saturated carbocycles. The van der Waals surface area contributed by atoms with Gasteiger partial charge < -0.3 is 10.8 Å². The number of nitrogens with two attached hydrogens (primary N) is 1. The SMILES string of the molecule is Nc1ccc(Cl)nc1C#CCCO. The van der Waals surface area contributed by atoms with Crippen LogP contribution < -0.4 is 5.73 Å². The maximum atomic E-state index is 8.49. The number of aliphatic hydroxyl groups is 1. The van der Waals surface area contributed by atoms with Crippen molar-refractivity contribution in [3.05, 3.63) is 23.0 Å². The van der Waals surface area contributed by atoms with Crippen molar-refractivity contribution >= 4 is 17.3 Å². The first kappa shape index (κ1) is 9.85. The fourth-order valence-electron chi connectivity index (χ4n) is 0.748. The molecule has 0 radical (unpaired) electrons. The van der Waals surface area contributed by atoms with Gasteiger partial charge >= 0.3 is 0 Å². The number of anilines is 1. The highest BCUT2D eigenvalue weighted by molar-refractivity contribution is 6.29. The summed E-state index contributed by atoms with van der Waals surface area (Å²) in [6.07, 6.45) is 0.410. The van der Waals surface area contributed by atoms with Gasteiger partial charge in [-0.25, -0.2) is 4.98 Å². The molecule has 0 amide bonds. The van der Waals surface area contributed by atoms with Gasteiger partial charge in [0.25, 0.3) is 0 Å². The van der Waals surface area contributed by atoms with Crippen LogP contribution in [0.25, 0.3) is 0 Å². The van der Waals surface area contributed by atoms with Crippen LogP contribution in [0.15, 0.2) is 12.1 Å². The van der Waals surface area contributed by atoms with E-state index in [4.69, 9.17) is 22.4 Å². The van der Waals surface area contributed by atoms with E-state index in [1.165, 1.54) is 0 Å². The van der Waals surface area contributed by atoms with Crippen LogP contribution in [0.5, 0.6) is 0 Å². The molecule has 4 heteroatoms. The van der Waals surface area contributed by atoms with E-state index in [1.807, 2.05) is 0 Å². The normalized spacial score (nSPS) is 9.08. The van der Waals surface area contributed by atoms with Crippen molar-refractivity contribution in [3.63, 3.8) is 0 Å². The topological polar surface area (TPSA) is 59.1 Å². The Hall–Kier alpha value is -1.24. The van der Waals surface area contributed by atoms with Gasteiger partial charge in [0.05, 0.1) is 12.3 Å². The molecule has 3 nitrogen and oxygen atoms in total. The minimum atomic E-state index is 0.0352. The maximum absolute atomic E-state index is 8.49. The molecule has 0 bridgehead atoms. The molecule has 1 aromatic rings. The molecule has 0 aliphatic carbocycles. The number of hydrogen-bond acceptors (Lipinski definition) is 3. The maximum Gasteiger partial charge on any atom is 0.137 e.